The quantitative estimate of drug-likeness (QED) is 0.475. The van der Waals surface area contributed by atoms with E-state index in [1.54, 1.807) is 0 Å². The van der Waals surface area contributed by atoms with Crippen molar-refractivity contribution < 1.29 is 9.53 Å². The minimum Gasteiger partial charge on any atom is -0.362 e. The van der Waals surface area contributed by atoms with Crippen molar-refractivity contribution in [3.63, 3.8) is 0 Å². The zero-order valence-electron chi connectivity index (χ0n) is 4.31. The molecule has 0 aromatic carbocycles. The molecule has 0 N–H and O–H groups in total. The van der Waals surface area contributed by atoms with Gasteiger partial charge in [-0.1, -0.05) is 6.92 Å². The average Bonchev–Trinajstić information content (AvgIpc) is 1.65. The Balaban J connectivity index is 2.29. The van der Waals surface area contributed by atoms with Gasteiger partial charge in [-0.15, -0.1) is 0 Å². The van der Waals surface area contributed by atoms with E-state index in [9.17, 15) is 4.79 Å². The Hall–Kier alpha value is -0.370. The summed E-state index contributed by atoms with van der Waals surface area (Å²) in [5.41, 5.74) is 0. The van der Waals surface area contributed by atoms with Crippen LogP contribution in [-0.2, 0) is 9.53 Å². The van der Waals surface area contributed by atoms with Gasteiger partial charge in [0.2, 0.25) is 0 Å². The lowest BCUT2D eigenvalue weighted by Crippen LogP contribution is -2.39. The summed E-state index contributed by atoms with van der Waals surface area (Å²) in [4.78, 5) is 10.3. The molecule has 0 aromatic heterocycles. The number of hydrogen-bond donors (Lipinski definition) is 0. The summed E-state index contributed by atoms with van der Waals surface area (Å²) in [5, 5.41) is 0. The van der Waals surface area contributed by atoms with E-state index in [0.29, 0.717) is 6.61 Å². The summed E-state index contributed by atoms with van der Waals surface area (Å²) in [6, 6.07) is 0. The summed E-state index contributed by atoms with van der Waals surface area (Å²) >= 11 is 0. The van der Waals surface area contributed by atoms with Gasteiger partial charge in [-0.2, -0.15) is 0 Å². The molecule has 0 aliphatic carbocycles. The highest BCUT2D eigenvalue weighted by Crippen LogP contribution is 2.08. The predicted octanol–water partition coefficient (Wildman–Crippen LogP) is 0.364. The summed E-state index contributed by atoms with van der Waals surface area (Å²) in [6.07, 6.45) is 0.777. The van der Waals surface area contributed by atoms with Crippen LogP contribution in [0.4, 0.5) is 0 Å². The van der Waals surface area contributed by atoms with E-state index in [1.807, 2.05) is 6.92 Å². The van der Waals surface area contributed by atoms with Crippen molar-refractivity contribution in [1.29, 1.82) is 0 Å². The molecule has 1 aliphatic heterocycles. The molecule has 0 aromatic rings. The fourth-order valence-corrected chi connectivity index (χ4v) is 0.615. The van der Waals surface area contributed by atoms with Gasteiger partial charge in [0.25, 0.3) is 0 Å². The second kappa shape index (κ2) is 1.62. The highest BCUT2D eigenvalue weighted by atomic mass is 16.5. The number of carbonyl (C=O) groups excluding carboxylic acids is 1. The van der Waals surface area contributed by atoms with Crippen molar-refractivity contribution >= 4 is 5.78 Å². The van der Waals surface area contributed by atoms with Crippen LogP contribution < -0.4 is 0 Å². The number of rotatable bonds is 1. The lowest BCUT2D eigenvalue weighted by molar-refractivity contribution is -0.154. The van der Waals surface area contributed by atoms with Crippen LogP contribution in [0.5, 0.6) is 0 Å². The van der Waals surface area contributed by atoms with Crippen molar-refractivity contribution in [2.75, 3.05) is 6.61 Å². The molecule has 1 heterocycles. The third-order valence-electron chi connectivity index (χ3n) is 1.16. The zero-order chi connectivity index (χ0) is 5.28. The van der Waals surface area contributed by atoms with Gasteiger partial charge in [-0.05, 0) is 6.42 Å². The van der Waals surface area contributed by atoms with Gasteiger partial charge in [-0.3, -0.25) is 4.79 Å². The lowest BCUT2D eigenvalue weighted by Gasteiger charge is -2.22. The second-order valence-corrected chi connectivity index (χ2v) is 1.67. The smallest absolute Gasteiger partial charge is 0.187 e. The molecule has 7 heavy (non-hydrogen) atoms. The van der Waals surface area contributed by atoms with Crippen LogP contribution in [0.25, 0.3) is 0 Å². The monoisotopic (exact) mass is 100 g/mol. The molecule has 0 bridgehead atoms. The minimum atomic E-state index is -0.0556. The van der Waals surface area contributed by atoms with Crippen LogP contribution in [0.15, 0.2) is 0 Å². The van der Waals surface area contributed by atoms with Gasteiger partial charge in [0, 0.05) is 0 Å². The summed E-state index contributed by atoms with van der Waals surface area (Å²) in [6.45, 7) is 2.29. The molecular weight excluding hydrogens is 92.1 g/mol. The van der Waals surface area contributed by atoms with Crippen molar-refractivity contribution in [1.82, 2.24) is 0 Å². The molecule has 1 atom stereocenters. The van der Waals surface area contributed by atoms with Crippen LogP contribution in [0.1, 0.15) is 13.3 Å². The number of Topliss-reactive ketones (excluding diaryl/α,β-unsaturated/α-hetero) is 1. The van der Waals surface area contributed by atoms with Crippen LogP contribution in [-0.4, -0.2) is 18.5 Å². The number of ketones is 1. The van der Waals surface area contributed by atoms with E-state index in [0.717, 1.165) is 6.42 Å². The first-order valence-corrected chi connectivity index (χ1v) is 2.49. The fourth-order valence-electron chi connectivity index (χ4n) is 0.615. The van der Waals surface area contributed by atoms with Crippen molar-refractivity contribution in [2.45, 2.75) is 19.4 Å². The Morgan fingerprint density at radius 3 is 2.71 bits per heavy atom. The molecule has 2 heteroatoms. The van der Waals surface area contributed by atoms with Crippen molar-refractivity contribution in [3.05, 3.63) is 0 Å². The van der Waals surface area contributed by atoms with Crippen LogP contribution in [0.3, 0.4) is 0 Å². The standard InChI is InChI=1S/C5H8O2/c1-2-5-4(6)3-7-5/h5H,2-3H2,1H3/t5-/m0/s1. The van der Waals surface area contributed by atoms with Gasteiger partial charge in [0.1, 0.15) is 12.7 Å². The number of hydrogen-bond acceptors (Lipinski definition) is 2. The molecule has 40 valence electrons. The van der Waals surface area contributed by atoms with Crippen molar-refractivity contribution in [3.8, 4) is 0 Å². The third-order valence-corrected chi connectivity index (χ3v) is 1.16. The van der Waals surface area contributed by atoms with E-state index < -0.39 is 0 Å². The van der Waals surface area contributed by atoms with E-state index in [-0.39, 0.29) is 11.9 Å². The maximum absolute atomic E-state index is 10.3. The first-order valence-electron chi connectivity index (χ1n) is 2.49. The molecular formula is C5H8O2. The fraction of sp³-hybridized carbons (Fsp3) is 0.800. The molecule has 1 saturated heterocycles. The van der Waals surface area contributed by atoms with E-state index in [2.05, 4.69) is 0 Å². The molecule has 0 radical (unpaired) electrons. The van der Waals surface area contributed by atoms with Crippen LogP contribution in [0.2, 0.25) is 0 Å². The summed E-state index contributed by atoms with van der Waals surface area (Å²) in [7, 11) is 0. The van der Waals surface area contributed by atoms with Crippen molar-refractivity contribution in [2.24, 2.45) is 0 Å². The zero-order valence-corrected chi connectivity index (χ0v) is 4.31. The molecule has 0 saturated carbocycles. The number of carbonyl (C=O) groups is 1. The highest BCUT2D eigenvalue weighted by Gasteiger charge is 2.26. The molecule has 2 nitrogen and oxygen atoms in total. The van der Waals surface area contributed by atoms with E-state index in [1.165, 1.54) is 0 Å². The summed E-state index contributed by atoms with van der Waals surface area (Å²) < 4.78 is 4.84. The Bertz CT molecular complexity index is 86.1. The molecule has 0 spiro atoms. The first-order chi connectivity index (χ1) is 3.34. The maximum Gasteiger partial charge on any atom is 0.187 e. The van der Waals surface area contributed by atoms with Crippen LogP contribution in [0, 0.1) is 0 Å². The summed E-state index contributed by atoms with van der Waals surface area (Å²) in [5.74, 6) is 0.252. The Morgan fingerprint density at radius 1 is 2.00 bits per heavy atom. The van der Waals surface area contributed by atoms with Crippen LogP contribution >= 0.6 is 0 Å². The van der Waals surface area contributed by atoms with Gasteiger partial charge in [0.15, 0.2) is 5.78 Å². The lowest BCUT2D eigenvalue weighted by atomic mass is 10.1. The maximum atomic E-state index is 10.3. The molecule has 1 fully saturated rings. The average molecular weight is 100 g/mol. The number of ether oxygens (including phenoxy) is 1. The SMILES string of the molecule is CC[C@@H]1OCC1=O. The molecule has 0 unspecified atom stereocenters. The van der Waals surface area contributed by atoms with Gasteiger partial charge < -0.3 is 4.74 Å². The molecule has 1 aliphatic rings. The Labute approximate surface area is 42.5 Å². The molecule has 0 amide bonds. The first kappa shape index (κ1) is 4.78. The molecule has 1 rings (SSSR count). The minimum absolute atomic E-state index is 0.0556. The van der Waals surface area contributed by atoms with Gasteiger partial charge in [-0.25, -0.2) is 0 Å². The van der Waals surface area contributed by atoms with E-state index >= 15 is 0 Å². The largest absolute Gasteiger partial charge is 0.362 e. The second-order valence-electron chi connectivity index (χ2n) is 1.67. The van der Waals surface area contributed by atoms with E-state index in [4.69, 9.17) is 4.74 Å². The predicted molar refractivity (Wildman–Crippen MR) is 25.0 cm³/mol. The normalized spacial score (nSPS) is 29.9. The highest BCUT2D eigenvalue weighted by molar-refractivity contribution is 5.88. The third kappa shape index (κ3) is 0.657. The van der Waals surface area contributed by atoms with Gasteiger partial charge >= 0.3 is 0 Å². The topological polar surface area (TPSA) is 26.3 Å². The Morgan fingerprint density at radius 2 is 2.71 bits per heavy atom. The van der Waals surface area contributed by atoms with Gasteiger partial charge in [0.05, 0.1) is 0 Å². The Kier molecular flexibility index (Phi) is 1.11.